The molecule has 6 rings (SSSR count). The van der Waals surface area contributed by atoms with Crippen LogP contribution in [0.4, 0.5) is 10.1 Å². The summed E-state index contributed by atoms with van der Waals surface area (Å²) in [6.45, 7) is 8.86. The van der Waals surface area contributed by atoms with E-state index in [1.165, 1.54) is 22.1 Å². The smallest absolute Gasteiger partial charge is 0.306 e. The van der Waals surface area contributed by atoms with Gasteiger partial charge in [0.05, 0.1) is 23.9 Å². The molecule has 1 saturated heterocycles. The first kappa shape index (κ1) is 34.9. The number of halogens is 1. The SMILES string of the molecule is CC(C)(C)OC(=O)CCC(C(N)=O)N1Cc2c(OCc3ccc4c(c3)CCCC4N3CCN(c4ccc(C#N)cc4F)CC3)cccc2C1=O. The normalized spacial score (nSPS) is 18.2. The Labute approximate surface area is 292 Å². The van der Waals surface area contributed by atoms with Crippen molar-refractivity contribution in [1.82, 2.24) is 9.80 Å². The van der Waals surface area contributed by atoms with Gasteiger partial charge in [0.15, 0.2) is 0 Å². The summed E-state index contributed by atoms with van der Waals surface area (Å²) in [4.78, 5) is 44.1. The zero-order valence-electron chi connectivity index (χ0n) is 28.9. The lowest BCUT2D eigenvalue weighted by atomic mass is 9.85. The number of esters is 1. The van der Waals surface area contributed by atoms with Crippen LogP contribution in [0, 0.1) is 17.1 Å². The molecule has 2 aliphatic heterocycles. The first-order chi connectivity index (χ1) is 23.9. The van der Waals surface area contributed by atoms with Crippen molar-refractivity contribution in [3.8, 4) is 11.8 Å². The lowest BCUT2D eigenvalue weighted by molar-refractivity contribution is -0.155. The van der Waals surface area contributed by atoms with Crippen molar-refractivity contribution in [3.63, 3.8) is 0 Å². The average molecular weight is 682 g/mol. The van der Waals surface area contributed by atoms with Gasteiger partial charge in [-0.1, -0.05) is 24.3 Å². The summed E-state index contributed by atoms with van der Waals surface area (Å²) in [6, 6.07) is 17.8. The number of amides is 2. The van der Waals surface area contributed by atoms with Gasteiger partial charge in [0, 0.05) is 49.8 Å². The lowest BCUT2D eigenvalue weighted by Crippen LogP contribution is -2.48. The third kappa shape index (κ3) is 7.60. The number of carbonyl (C=O) groups is 3. The van der Waals surface area contributed by atoms with Gasteiger partial charge in [0.2, 0.25) is 5.91 Å². The van der Waals surface area contributed by atoms with E-state index in [4.69, 9.17) is 20.5 Å². The molecule has 0 bridgehead atoms. The van der Waals surface area contributed by atoms with Gasteiger partial charge in [-0.3, -0.25) is 19.3 Å². The summed E-state index contributed by atoms with van der Waals surface area (Å²) in [6.07, 6.45) is 3.16. The van der Waals surface area contributed by atoms with Crippen LogP contribution in [0.15, 0.2) is 54.6 Å². The Morgan fingerprint density at radius 1 is 1.08 bits per heavy atom. The Hall–Kier alpha value is -4.95. The van der Waals surface area contributed by atoms with Crippen molar-refractivity contribution in [1.29, 1.82) is 5.26 Å². The Kier molecular flexibility index (Phi) is 10.1. The van der Waals surface area contributed by atoms with Crippen molar-refractivity contribution in [3.05, 3.63) is 93.8 Å². The molecular formula is C39H44FN5O5. The molecule has 0 saturated carbocycles. The minimum atomic E-state index is -0.955. The Bertz CT molecular complexity index is 1820. The average Bonchev–Trinajstić information content (AvgIpc) is 3.42. The second-order valence-corrected chi connectivity index (χ2v) is 14.3. The number of rotatable bonds is 10. The highest BCUT2D eigenvalue weighted by molar-refractivity contribution is 6.01. The van der Waals surface area contributed by atoms with Crippen LogP contribution in [0.3, 0.4) is 0 Å². The Morgan fingerprint density at radius 3 is 2.56 bits per heavy atom. The van der Waals surface area contributed by atoms with Gasteiger partial charge in [0.1, 0.15) is 29.8 Å². The second kappa shape index (κ2) is 14.5. The monoisotopic (exact) mass is 681 g/mol. The largest absolute Gasteiger partial charge is 0.489 e. The lowest BCUT2D eigenvalue weighted by Gasteiger charge is -2.42. The number of anilines is 1. The van der Waals surface area contributed by atoms with Gasteiger partial charge in [0.25, 0.3) is 5.91 Å². The molecule has 0 radical (unpaired) electrons. The number of benzene rings is 3. The summed E-state index contributed by atoms with van der Waals surface area (Å²) in [5.41, 5.74) is 10.7. The molecule has 3 aliphatic rings. The van der Waals surface area contributed by atoms with E-state index in [9.17, 15) is 18.8 Å². The third-order valence-electron chi connectivity index (χ3n) is 9.76. The molecule has 10 nitrogen and oxygen atoms in total. The predicted molar refractivity (Wildman–Crippen MR) is 186 cm³/mol. The van der Waals surface area contributed by atoms with Gasteiger partial charge in [-0.05, 0) is 93.5 Å². The van der Waals surface area contributed by atoms with E-state index in [-0.39, 0.29) is 31.1 Å². The molecule has 2 heterocycles. The van der Waals surface area contributed by atoms with Crippen LogP contribution >= 0.6 is 0 Å². The van der Waals surface area contributed by atoms with Crippen LogP contribution < -0.4 is 15.4 Å². The van der Waals surface area contributed by atoms with Crippen molar-refractivity contribution in [2.24, 2.45) is 5.73 Å². The van der Waals surface area contributed by atoms with E-state index in [0.29, 0.717) is 53.9 Å². The van der Waals surface area contributed by atoms with Gasteiger partial charge in [-0.25, -0.2) is 4.39 Å². The molecule has 262 valence electrons. The maximum Gasteiger partial charge on any atom is 0.306 e. The number of hydrogen-bond donors (Lipinski definition) is 1. The van der Waals surface area contributed by atoms with Gasteiger partial charge in [-0.15, -0.1) is 0 Å². The first-order valence-corrected chi connectivity index (χ1v) is 17.3. The topological polar surface area (TPSA) is 129 Å². The molecule has 50 heavy (non-hydrogen) atoms. The second-order valence-electron chi connectivity index (χ2n) is 14.3. The molecule has 0 aromatic heterocycles. The molecular weight excluding hydrogens is 637 g/mol. The Morgan fingerprint density at radius 2 is 1.86 bits per heavy atom. The van der Waals surface area contributed by atoms with E-state index in [2.05, 4.69) is 28.0 Å². The number of nitrogens with two attached hydrogens (primary N) is 1. The fourth-order valence-corrected chi connectivity index (χ4v) is 7.39. The third-order valence-corrected chi connectivity index (χ3v) is 9.76. The fraction of sp³-hybridized carbons (Fsp3) is 0.436. The summed E-state index contributed by atoms with van der Waals surface area (Å²) in [5, 5.41) is 9.07. The number of carbonyl (C=O) groups excluding carboxylic acids is 3. The van der Waals surface area contributed by atoms with E-state index in [0.717, 1.165) is 37.9 Å². The van der Waals surface area contributed by atoms with Crippen LogP contribution in [0.1, 0.15) is 90.7 Å². The molecule has 3 aromatic carbocycles. The molecule has 2 atom stereocenters. The maximum atomic E-state index is 14.7. The highest BCUT2D eigenvalue weighted by Crippen LogP contribution is 2.37. The minimum absolute atomic E-state index is 0.0394. The quantitative estimate of drug-likeness (QED) is 0.282. The number of primary amides is 1. The van der Waals surface area contributed by atoms with Crippen LogP contribution in [-0.4, -0.2) is 65.4 Å². The standard InChI is InChI=1S/C39H44FN5O5/c1-39(2,3)50-36(46)15-14-34(37(42)47)45-23-30-29(38(45)48)7-5-9-35(30)49-24-26-10-12-28-27(20-26)6-4-8-32(28)43-16-18-44(19-17-43)33-13-11-25(22-41)21-31(33)40/h5,7,9-13,20-21,32,34H,4,6,8,14-19,23-24H2,1-3H3,(H2,42,47). The number of nitriles is 1. The number of ether oxygens (including phenoxy) is 2. The number of hydrogen-bond acceptors (Lipinski definition) is 8. The number of fused-ring (bicyclic) bond motifs is 2. The first-order valence-electron chi connectivity index (χ1n) is 17.3. The van der Waals surface area contributed by atoms with Crippen molar-refractivity contribution >= 4 is 23.5 Å². The Balaban J connectivity index is 1.08. The van der Waals surface area contributed by atoms with E-state index < -0.39 is 23.5 Å². The summed E-state index contributed by atoms with van der Waals surface area (Å²) in [5.74, 6) is -1.23. The minimum Gasteiger partial charge on any atom is -0.489 e. The molecule has 2 amide bonds. The molecule has 2 N–H and O–H groups in total. The molecule has 0 spiro atoms. The fourth-order valence-electron chi connectivity index (χ4n) is 7.39. The van der Waals surface area contributed by atoms with Crippen LogP contribution in [0.25, 0.3) is 0 Å². The van der Waals surface area contributed by atoms with E-state index >= 15 is 0 Å². The van der Waals surface area contributed by atoms with Crippen LogP contribution in [0.2, 0.25) is 0 Å². The molecule has 2 unspecified atom stereocenters. The van der Waals surface area contributed by atoms with Crippen molar-refractivity contribution in [2.75, 3.05) is 31.1 Å². The van der Waals surface area contributed by atoms with Gasteiger partial charge in [-0.2, -0.15) is 5.26 Å². The summed E-state index contributed by atoms with van der Waals surface area (Å²) < 4.78 is 26.3. The van der Waals surface area contributed by atoms with Gasteiger partial charge >= 0.3 is 5.97 Å². The van der Waals surface area contributed by atoms with Crippen molar-refractivity contribution in [2.45, 2.75) is 83.7 Å². The highest BCUT2D eigenvalue weighted by Gasteiger charge is 2.37. The molecule has 1 aliphatic carbocycles. The predicted octanol–water partition coefficient (Wildman–Crippen LogP) is 5.41. The summed E-state index contributed by atoms with van der Waals surface area (Å²) >= 11 is 0. The zero-order valence-corrected chi connectivity index (χ0v) is 28.9. The zero-order chi connectivity index (χ0) is 35.6. The molecule has 11 heteroatoms. The van der Waals surface area contributed by atoms with Crippen LogP contribution in [-0.2, 0) is 33.9 Å². The number of nitrogens with zero attached hydrogens (tertiary/aromatic N) is 4. The number of piperazine rings is 1. The number of aryl methyl sites for hydroxylation is 1. The highest BCUT2D eigenvalue weighted by atomic mass is 19.1. The van der Waals surface area contributed by atoms with E-state index in [1.807, 2.05) is 12.1 Å². The van der Waals surface area contributed by atoms with Crippen LogP contribution in [0.5, 0.6) is 5.75 Å². The molecule has 3 aromatic rings. The van der Waals surface area contributed by atoms with E-state index in [1.54, 1.807) is 45.0 Å². The molecule has 1 fully saturated rings. The summed E-state index contributed by atoms with van der Waals surface area (Å²) in [7, 11) is 0. The maximum absolute atomic E-state index is 14.7. The van der Waals surface area contributed by atoms with Gasteiger partial charge < -0.3 is 25.0 Å². The van der Waals surface area contributed by atoms with Crippen molar-refractivity contribution < 1.29 is 28.2 Å².